The van der Waals surface area contributed by atoms with Gasteiger partial charge in [0, 0.05) is 19.2 Å². The first-order valence-corrected chi connectivity index (χ1v) is 6.52. The minimum absolute atomic E-state index is 0.00186. The summed E-state index contributed by atoms with van der Waals surface area (Å²) in [4.78, 5) is 24.9. The molecule has 3 N–H and O–H groups in total. The van der Waals surface area contributed by atoms with Crippen LogP contribution in [0.1, 0.15) is 41.0 Å². The zero-order valence-electron chi connectivity index (χ0n) is 12.4. The Labute approximate surface area is 114 Å². The third kappa shape index (κ3) is 5.92. The molecular formula is C13H26N2O4. The Hall–Kier alpha value is -1.30. The van der Waals surface area contributed by atoms with Crippen molar-refractivity contribution in [3.8, 4) is 0 Å². The monoisotopic (exact) mass is 274 g/mol. The maximum atomic E-state index is 12.1. The molecule has 2 amide bonds. The van der Waals surface area contributed by atoms with E-state index in [1.807, 2.05) is 13.8 Å². The standard InChI is InChI=1S/C13H26N2O4/c1-9(2)15(7-6-8-16)12(19)14-10(11(17)18)13(3,4)5/h9-10,16H,6-8H2,1-5H3,(H,14,19)(H,17,18). The molecule has 0 bridgehead atoms. The number of hydrogen-bond donors (Lipinski definition) is 3. The van der Waals surface area contributed by atoms with E-state index in [1.165, 1.54) is 4.90 Å². The molecule has 1 unspecified atom stereocenters. The van der Waals surface area contributed by atoms with Gasteiger partial charge in [-0.15, -0.1) is 0 Å². The number of hydrogen-bond acceptors (Lipinski definition) is 3. The molecule has 0 fully saturated rings. The summed E-state index contributed by atoms with van der Waals surface area (Å²) >= 11 is 0. The lowest BCUT2D eigenvalue weighted by Gasteiger charge is -2.32. The lowest BCUT2D eigenvalue weighted by Crippen LogP contribution is -2.54. The summed E-state index contributed by atoms with van der Waals surface area (Å²) in [6, 6.07) is -1.41. The van der Waals surface area contributed by atoms with Crippen LogP contribution in [-0.4, -0.2) is 52.3 Å². The fourth-order valence-corrected chi connectivity index (χ4v) is 1.69. The van der Waals surface area contributed by atoms with Crippen LogP contribution in [0.5, 0.6) is 0 Å². The summed E-state index contributed by atoms with van der Waals surface area (Å²) in [5, 5.41) is 20.6. The third-order valence-corrected chi connectivity index (χ3v) is 2.82. The number of carboxylic acids is 1. The predicted molar refractivity (Wildman–Crippen MR) is 73.0 cm³/mol. The first-order valence-electron chi connectivity index (χ1n) is 6.52. The number of aliphatic hydroxyl groups is 1. The minimum atomic E-state index is -1.05. The van der Waals surface area contributed by atoms with Gasteiger partial charge in [0.25, 0.3) is 0 Å². The molecule has 0 aliphatic heterocycles. The molecule has 0 aliphatic carbocycles. The van der Waals surface area contributed by atoms with Crippen LogP contribution in [0.4, 0.5) is 4.79 Å². The van der Waals surface area contributed by atoms with Crippen LogP contribution in [0.15, 0.2) is 0 Å². The molecule has 0 saturated carbocycles. The maximum Gasteiger partial charge on any atom is 0.326 e. The molecule has 0 aromatic rings. The number of nitrogens with one attached hydrogen (secondary N) is 1. The summed E-state index contributed by atoms with van der Waals surface area (Å²) in [5.74, 6) is -1.05. The Morgan fingerprint density at radius 1 is 1.26 bits per heavy atom. The highest BCUT2D eigenvalue weighted by Crippen LogP contribution is 2.20. The van der Waals surface area contributed by atoms with Crippen LogP contribution >= 0.6 is 0 Å². The minimum Gasteiger partial charge on any atom is -0.480 e. The average Bonchev–Trinajstić information content (AvgIpc) is 2.23. The Balaban J connectivity index is 4.81. The molecule has 0 heterocycles. The quantitative estimate of drug-likeness (QED) is 0.680. The second kappa shape index (κ2) is 7.33. The van der Waals surface area contributed by atoms with Gasteiger partial charge in [-0.25, -0.2) is 9.59 Å². The largest absolute Gasteiger partial charge is 0.480 e. The van der Waals surface area contributed by atoms with E-state index in [4.69, 9.17) is 5.11 Å². The number of nitrogens with zero attached hydrogens (tertiary/aromatic N) is 1. The predicted octanol–water partition coefficient (Wildman–Crippen LogP) is 1.29. The fraction of sp³-hybridized carbons (Fsp3) is 0.846. The number of aliphatic carboxylic acids is 1. The second-order valence-electron chi connectivity index (χ2n) is 5.95. The van der Waals surface area contributed by atoms with Crippen LogP contribution in [0.25, 0.3) is 0 Å². The van der Waals surface area contributed by atoms with Crippen LogP contribution < -0.4 is 5.32 Å². The molecule has 19 heavy (non-hydrogen) atoms. The molecule has 0 aromatic heterocycles. The lowest BCUT2D eigenvalue weighted by molar-refractivity contribution is -0.142. The van der Waals surface area contributed by atoms with Crippen LogP contribution in [0.3, 0.4) is 0 Å². The number of rotatable bonds is 6. The van der Waals surface area contributed by atoms with E-state index in [1.54, 1.807) is 20.8 Å². The van der Waals surface area contributed by atoms with E-state index < -0.39 is 23.5 Å². The van der Waals surface area contributed by atoms with E-state index in [0.29, 0.717) is 13.0 Å². The smallest absolute Gasteiger partial charge is 0.326 e. The van der Waals surface area contributed by atoms with Crippen molar-refractivity contribution in [3.05, 3.63) is 0 Å². The van der Waals surface area contributed by atoms with Gasteiger partial charge in [-0.05, 0) is 25.7 Å². The fourth-order valence-electron chi connectivity index (χ4n) is 1.69. The van der Waals surface area contributed by atoms with Gasteiger partial charge in [0.1, 0.15) is 6.04 Å². The summed E-state index contributed by atoms with van der Waals surface area (Å²) in [6.45, 7) is 9.39. The number of amides is 2. The van der Waals surface area contributed by atoms with Gasteiger partial charge < -0.3 is 20.4 Å². The van der Waals surface area contributed by atoms with Crippen molar-refractivity contribution in [2.45, 2.75) is 53.1 Å². The van der Waals surface area contributed by atoms with E-state index in [-0.39, 0.29) is 12.6 Å². The number of carbonyl (C=O) groups is 2. The molecule has 1 atom stereocenters. The highest BCUT2D eigenvalue weighted by Gasteiger charge is 2.34. The van der Waals surface area contributed by atoms with Crippen molar-refractivity contribution in [2.24, 2.45) is 5.41 Å². The van der Waals surface area contributed by atoms with E-state index in [0.717, 1.165) is 0 Å². The number of carboxylic acid groups (broad SMARTS) is 1. The number of urea groups is 1. The van der Waals surface area contributed by atoms with Crippen molar-refractivity contribution in [2.75, 3.05) is 13.2 Å². The van der Waals surface area contributed by atoms with Crippen LogP contribution in [0, 0.1) is 5.41 Å². The normalized spacial score (nSPS) is 13.2. The van der Waals surface area contributed by atoms with Crippen LogP contribution in [0.2, 0.25) is 0 Å². The van der Waals surface area contributed by atoms with Gasteiger partial charge in [-0.1, -0.05) is 20.8 Å². The Morgan fingerprint density at radius 2 is 1.79 bits per heavy atom. The van der Waals surface area contributed by atoms with Crippen molar-refractivity contribution >= 4 is 12.0 Å². The number of aliphatic hydroxyl groups excluding tert-OH is 1. The average molecular weight is 274 g/mol. The molecule has 6 nitrogen and oxygen atoms in total. The van der Waals surface area contributed by atoms with Crippen LogP contribution in [-0.2, 0) is 4.79 Å². The van der Waals surface area contributed by atoms with Crippen molar-refractivity contribution < 1.29 is 19.8 Å². The van der Waals surface area contributed by atoms with Gasteiger partial charge in [0.05, 0.1) is 0 Å². The van der Waals surface area contributed by atoms with E-state index >= 15 is 0 Å². The highest BCUT2D eigenvalue weighted by atomic mass is 16.4. The molecule has 0 radical (unpaired) electrons. The topological polar surface area (TPSA) is 89.9 Å². The van der Waals surface area contributed by atoms with Crippen molar-refractivity contribution in [1.29, 1.82) is 0 Å². The molecule has 0 aliphatic rings. The Kier molecular flexibility index (Phi) is 6.83. The third-order valence-electron chi connectivity index (χ3n) is 2.82. The zero-order valence-corrected chi connectivity index (χ0v) is 12.4. The molecule has 0 saturated heterocycles. The summed E-state index contributed by atoms with van der Waals surface area (Å²) in [7, 11) is 0. The maximum absolute atomic E-state index is 12.1. The molecular weight excluding hydrogens is 248 g/mol. The van der Waals surface area contributed by atoms with Gasteiger partial charge in [0.2, 0.25) is 0 Å². The SMILES string of the molecule is CC(C)N(CCCO)C(=O)NC(C(=O)O)C(C)(C)C. The summed E-state index contributed by atoms with van der Waals surface area (Å²) in [6.07, 6.45) is 0.471. The van der Waals surface area contributed by atoms with E-state index in [9.17, 15) is 14.7 Å². The molecule has 6 heteroatoms. The van der Waals surface area contributed by atoms with Gasteiger partial charge >= 0.3 is 12.0 Å². The van der Waals surface area contributed by atoms with Crippen molar-refractivity contribution in [3.63, 3.8) is 0 Å². The Bertz CT molecular complexity index is 310. The van der Waals surface area contributed by atoms with E-state index in [2.05, 4.69) is 5.32 Å². The molecule has 0 rings (SSSR count). The zero-order chi connectivity index (χ0) is 15.2. The molecule has 0 spiro atoms. The first-order chi connectivity index (χ1) is 8.61. The number of carbonyl (C=O) groups excluding carboxylic acids is 1. The highest BCUT2D eigenvalue weighted by molar-refractivity contribution is 5.83. The second-order valence-corrected chi connectivity index (χ2v) is 5.95. The van der Waals surface area contributed by atoms with Gasteiger partial charge in [-0.3, -0.25) is 0 Å². The lowest BCUT2D eigenvalue weighted by atomic mass is 9.87. The first kappa shape index (κ1) is 17.7. The summed E-state index contributed by atoms with van der Waals surface area (Å²) in [5.41, 5.74) is -0.568. The summed E-state index contributed by atoms with van der Waals surface area (Å²) < 4.78 is 0. The Morgan fingerprint density at radius 3 is 2.11 bits per heavy atom. The van der Waals surface area contributed by atoms with Gasteiger partial charge in [-0.2, -0.15) is 0 Å². The molecule has 0 aromatic carbocycles. The molecule has 112 valence electrons. The van der Waals surface area contributed by atoms with Gasteiger partial charge in [0.15, 0.2) is 0 Å². The van der Waals surface area contributed by atoms with Crippen molar-refractivity contribution in [1.82, 2.24) is 10.2 Å².